The third kappa shape index (κ3) is 2.15. The first-order valence-electron chi connectivity index (χ1n) is 6.16. The fourth-order valence-corrected chi connectivity index (χ4v) is 2.62. The van der Waals surface area contributed by atoms with Crippen molar-refractivity contribution >= 4 is 23.3 Å². The quantitative estimate of drug-likeness (QED) is 0.752. The van der Waals surface area contributed by atoms with E-state index in [0.717, 1.165) is 0 Å². The van der Waals surface area contributed by atoms with Crippen molar-refractivity contribution in [2.45, 2.75) is 18.2 Å². The molecular formula is C13H9ClF3N3O2. The number of hydrogen-bond donors (Lipinski definition) is 3. The van der Waals surface area contributed by atoms with Gasteiger partial charge in [0, 0.05) is 10.6 Å². The number of benzene rings is 1. The number of nitrogens with one attached hydrogen (secondary N) is 2. The van der Waals surface area contributed by atoms with Crippen molar-refractivity contribution in [3.05, 3.63) is 34.9 Å². The number of nitrogens with zero attached hydrogens (tertiary/aromatic N) is 1. The number of H-pyrrole nitrogens is 1. The smallest absolute Gasteiger partial charge is 0.376 e. The van der Waals surface area contributed by atoms with Gasteiger partial charge in [-0.2, -0.15) is 18.3 Å². The van der Waals surface area contributed by atoms with Crippen molar-refractivity contribution in [2.24, 2.45) is 0 Å². The van der Waals surface area contributed by atoms with Gasteiger partial charge < -0.3 is 10.4 Å². The first-order valence-corrected chi connectivity index (χ1v) is 6.54. The number of aromatic amines is 1. The van der Waals surface area contributed by atoms with Gasteiger partial charge in [-0.3, -0.25) is 9.89 Å². The Bertz CT molecular complexity index is 759. The molecule has 0 saturated heterocycles. The molecule has 3 rings (SSSR count). The number of halogens is 4. The minimum absolute atomic E-state index is 0.0441. The summed E-state index contributed by atoms with van der Waals surface area (Å²) in [4.78, 5) is 11.4. The molecule has 0 radical (unpaired) electrons. The average molecular weight is 332 g/mol. The van der Waals surface area contributed by atoms with Gasteiger partial charge in [0.1, 0.15) is 0 Å². The summed E-state index contributed by atoms with van der Waals surface area (Å²) < 4.78 is 40.0. The Labute approximate surface area is 127 Å². The second kappa shape index (κ2) is 4.72. The summed E-state index contributed by atoms with van der Waals surface area (Å²) in [6.45, 7) is 0. The number of aromatic nitrogens is 2. The molecule has 0 aliphatic carbocycles. The van der Waals surface area contributed by atoms with Crippen molar-refractivity contribution in [3.63, 3.8) is 0 Å². The first-order chi connectivity index (χ1) is 10.2. The first kappa shape index (κ1) is 14.9. The Morgan fingerprint density at radius 3 is 2.73 bits per heavy atom. The van der Waals surface area contributed by atoms with Crippen LogP contribution in [0.2, 0.25) is 5.02 Å². The predicted octanol–water partition coefficient (Wildman–Crippen LogP) is 2.82. The monoisotopic (exact) mass is 331 g/mol. The van der Waals surface area contributed by atoms with Crippen molar-refractivity contribution in [2.75, 3.05) is 5.32 Å². The van der Waals surface area contributed by atoms with Gasteiger partial charge in [0.15, 0.2) is 11.4 Å². The van der Waals surface area contributed by atoms with Crippen molar-refractivity contribution in [1.82, 2.24) is 10.2 Å². The molecule has 5 nitrogen and oxygen atoms in total. The lowest BCUT2D eigenvalue weighted by Crippen LogP contribution is -2.48. The highest BCUT2D eigenvalue weighted by atomic mass is 35.5. The van der Waals surface area contributed by atoms with E-state index < -0.39 is 29.7 Å². The van der Waals surface area contributed by atoms with Gasteiger partial charge in [-0.25, -0.2) is 0 Å². The van der Waals surface area contributed by atoms with E-state index in [1.165, 1.54) is 12.1 Å². The molecular weight excluding hydrogens is 323 g/mol. The molecule has 0 fully saturated rings. The van der Waals surface area contributed by atoms with Gasteiger partial charge in [-0.15, -0.1) is 0 Å². The van der Waals surface area contributed by atoms with Gasteiger partial charge in [0.05, 0.1) is 17.7 Å². The number of fused-ring (bicyclic) bond motifs is 1. The lowest BCUT2D eigenvalue weighted by atomic mass is 9.85. The summed E-state index contributed by atoms with van der Waals surface area (Å²) in [5, 5.41) is 18.8. The van der Waals surface area contributed by atoms with Crippen LogP contribution >= 0.6 is 11.6 Å². The van der Waals surface area contributed by atoms with Crippen LogP contribution in [0.1, 0.15) is 12.0 Å². The molecule has 1 aromatic heterocycles. The summed E-state index contributed by atoms with van der Waals surface area (Å²) in [6, 6.07) is 6.07. The third-order valence-corrected chi connectivity index (χ3v) is 3.67. The normalized spacial score (nSPS) is 21.4. The van der Waals surface area contributed by atoms with E-state index in [2.05, 4.69) is 15.5 Å². The number of carbonyl (C=O) groups is 1. The van der Waals surface area contributed by atoms with Crippen molar-refractivity contribution in [1.29, 1.82) is 0 Å². The van der Waals surface area contributed by atoms with Gasteiger partial charge in [-0.05, 0) is 12.1 Å². The molecule has 1 atom stereocenters. The fourth-order valence-electron chi connectivity index (χ4n) is 2.43. The largest absolute Gasteiger partial charge is 0.422 e. The molecule has 2 aromatic rings. The van der Waals surface area contributed by atoms with Crippen molar-refractivity contribution in [3.8, 4) is 11.3 Å². The van der Waals surface area contributed by atoms with E-state index in [0.29, 0.717) is 10.6 Å². The van der Waals surface area contributed by atoms with E-state index in [-0.39, 0.29) is 11.5 Å². The number of carbonyl (C=O) groups excluding carboxylic acids is 1. The van der Waals surface area contributed by atoms with Crippen LogP contribution in [-0.4, -0.2) is 27.4 Å². The maximum absolute atomic E-state index is 13.3. The highest BCUT2D eigenvalue weighted by Crippen LogP contribution is 2.49. The molecule has 0 bridgehead atoms. The standard InChI is InChI=1S/C13H9ClF3N3O2/c14-7-3-1-2-6(4-7)10-9-11(20-19-10)18-8(21)5-12(9,22)13(15,16)17/h1-4,22H,5H2,(H2,18,19,20,21). The molecule has 22 heavy (non-hydrogen) atoms. The van der Waals surface area contributed by atoms with Crippen LogP contribution in [0.5, 0.6) is 0 Å². The Kier molecular flexibility index (Phi) is 3.19. The van der Waals surface area contributed by atoms with E-state index in [1.54, 1.807) is 12.1 Å². The maximum Gasteiger partial charge on any atom is 0.422 e. The number of rotatable bonds is 1. The zero-order chi connectivity index (χ0) is 16.1. The summed E-state index contributed by atoms with van der Waals surface area (Å²) in [6.07, 6.45) is -6.16. The topological polar surface area (TPSA) is 78.0 Å². The fraction of sp³-hybridized carbons (Fsp3) is 0.231. The number of amides is 1. The summed E-state index contributed by atoms with van der Waals surface area (Å²) in [5.74, 6) is -1.30. The Hall–Kier alpha value is -2.06. The summed E-state index contributed by atoms with van der Waals surface area (Å²) in [7, 11) is 0. The molecule has 116 valence electrons. The minimum atomic E-state index is -5.03. The number of aliphatic hydroxyl groups is 1. The average Bonchev–Trinajstić information content (AvgIpc) is 2.81. The van der Waals surface area contributed by atoms with Gasteiger partial charge in [-0.1, -0.05) is 23.7 Å². The van der Waals surface area contributed by atoms with Crippen LogP contribution in [0.25, 0.3) is 11.3 Å². The van der Waals surface area contributed by atoms with Crippen molar-refractivity contribution < 1.29 is 23.1 Å². The molecule has 1 unspecified atom stereocenters. The minimum Gasteiger partial charge on any atom is -0.376 e. The van der Waals surface area contributed by atoms with E-state index >= 15 is 0 Å². The highest BCUT2D eigenvalue weighted by molar-refractivity contribution is 6.30. The lowest BCUT2D eigenvalue weighted by Gasteiger charge is -2.33. The Balaban J connectivity index is 2.25. The van der Waals surface area contributed by atoms with Crippen LogP contribution < -0.4 is 5.32 Å². The van der Waals surface area contributed by atoms with Crippen LogP contribution in [-0.2, 0) is 10.4 Å². The molecule has 1 aliphatic heterocycles. The number of anilines is 1. The molecule has 2 heterocycles. The molecule has 9 heteroatoms. The van der Waals surface area contributed by atoms with Gasteiger partial charge in [0.2, 0.25) is 5.91 Å². The molecule has 3 N–H and O–H groups in total. The predicted molar refractivity (Wildman–Crippen MR) is 72.2 cm³/mol. The second-order valence-electron chi connectivity index (χ2n) is 4.92. The Morgan fingerprint density at radius 2 is 2.09 bits per heavy atom. The summed E-state index contributed by atoms with van der Waals surface area (Å²) in [5.41, 5.74) is -3.55. The van der Waals surface area contributed by atoms with Gasteiger partial charge >= 0.3 is 6.18 Å². The zero-order valence-corrected chi connectivity index (χ0v) is 11.6. The summed E-state index contributed by atoms with van der Waals surface area (Å²) >= 11 is 5.84. The SMILES string of the molecule is O=C1CC(O)(C(F)(F)F)c2c(n[nH]c2-c2cccc(Cl)c2)N1. The van der Waals surface area contributed by atoms with Crippen LogP contribution in [0.15, 0.2) is 24.3 Å². The number of hydrogen-bond acceptors (Lipinski definition) is 3. The van der Waals surface area contributed by atoms with E-state index in [4.69, 9.17) is 11.6 Å². The second-order valence-corrected chi connectivity index (χ2v) is 5.35. The molecule has 0 spiro atoms. The van der Waals surface area contributed by atoms with E-state index in [9.17, 15) is 23.1 Å². The molecule has 0 saturated carbocycles. The van der Waals surface area contributed by atoms with Crippen LogP contribution in [0.4, 0.5) is 19.0 Å². The van der Waals surface area contributed by atoms with Crippen LogP contribution in [0.3, 0.4) is 0 Å². The van der Waals surface area contributed by atoms with E-state index in [1.807, 2.05) is 0 Å². The molecule has 1 aromatic carbocycles. The maximum atomic E-state index is 13.3. The van der Waals surface area contributed by atoms with Gasteiger partial charge in [0.25, 0.3) is 0 Å². The molecule has 1 aliphatic rings. The Morgan fingerprint density at radius 1 is 1.36 bits per heavy atom. The lowest BCUT2D eigenvalue weighted by molar-refractivity contribution is -0.267. The molecule has 1 amide bonds. The van der Waals surface area contributed by atoms with Crippen LogP contribution in [0, 0.1) is 0 Å². The third-order valence-electron chi connectivity index (χ3n) is 3.44. The zero-order valence-electron chi connectivity index (χ0n) is 10.8. The number of alkyl halides is 3. The highest BCUT2D eigenvalue weighted by Gasteiger charge is 2.60.